The molecule has 0 aliphatic carbocycles. The Morgan fingerprint density at radius 1 is 1.50 bits per heavy atom. The molecule has 0 unspecified atom stereocenters. The third kappa shape index (κ3) is 2.44. The fourth-order valence-corrected chi connectivity index (χ4v) is 1.86. The van der Waals surface area contributed by atoms with Gasteiger partial charge >= 0.3 is 0 Å². The molecule has 0 saturated heterocycles. The second-order valence-electron chi connectivity index (χ2n) is 3.21. The van der Waals surface area contributed by atoms with Crippen LogP contribution in [0.25, 0.3) is 0 Å². The van der Waals surface area contributed by atoms with Gasteiger partial charge in [0.25, 0.3) is 5.91 Å². The Morgan fingerprint density at radius 2 is 2.38 bits per heavy atom. The molecule has 0 atom stereocenters. The van der Waals surface area contributed by atoms with E-state index in [0.717, 1.165) is 5.69 Å². The van der Waals surface area contributed by atoms with Crippen LogP contribution in [-0.2, 0) is 6.54 Å². The Hall–Kier alpha value is -1.72. The molecule has 0 bridgehead atoms. The smallest absolute Gasteiger partial charge is 0.255 e. The summed E-state index contributed by atoms with van der Waals surface area (Å²) < 4.78 is 0. The molecular weight excluding hydrogens is 222 g/mol. The Balaban J connectivity index is 2.14. The van der Waals surface area contributed by atoms with Gasteiger partial charge in [-0.2, -0.15) is 11.3 Å². The highest BCUT2D eigenvalue weighted by Crippen LogP contribution is 2.13. The van der Waals surface area contributed by atoms with E-state index < -0.39 is 0 Å². The maximum Gasteiger partial charge on any atom is 0.255 e. The monoisotopic (exact) mass is 233 g/mol. The molecule has 1 amide bonds. The van der Waals surface area contributed by atoms with Gasteiger partial charge in [-0.1, -0.05) is 0 Å². The SMILES string of the molecule is NCc1cc(C(=O)Nc2ccsc2)ccn1. The average Bonchev–Trinajstić information content (AvgIpc) is 2.82. The van der Waals surface area contributed by atoms with Gasteiger partial charge in [0, 0.05) is 23.7 Å². The van der Waals surface area contributed by atoms with Gasteiger partial charge in [-0.05, 0) is 23.6 Å². The van der Waals surface area contributed by atoms with E-state index in [4.69, 9.17) is 5.73 Å². The molecule has 2 aromatic rings. The number of hydrogen-bond donors (Lipinski definition) is 2. The van der Waals surface area contributed by atoms with Gasteiger partial charge in [-0.15, -0.1) is 0 Å². The first-order valence-electron chi connectivity index (χ1n) is 4.78. The van der Waals surface area contributed by atoms with Gasteiger partial charge in [-0.25, -0.2) is 0 Å². The summed E-state index contributed by atoms with van der Waals surface area (Å²) in [5.41, 5.74) is 7.55. The van der Waals surface area contributed by atoms with Crippen LogP contribution in [0.2, 0.25) is 0 Å². The first-order chi connectivity index (χ1) is 7.79. The summed E-state index contributed by atoms with van der Waals surface area (Å²) in [6.45, 7) is 0.333. The molecule has 0 radical (unpaired) electrons. The zero-order valence-corrected chi connectivity index (χ0v) is 9.33. The summed E-state index contributed by atoms with van der Waals surface area (Å²) in [7, 11) is 0. The molecule has 2 aromatic heterocycles. The number of carbonyl (C=O) groups excluding carboxylic acids is 1. The van der Waals surface area contributed by atoms with Crippen molar-refractivity contribution in [1.29, 1.82) is 0 Å². The van der Waals surface area contributed by atoms with Gasteiger partial charge in [0.05, 0.1) is 11.4 Å². The number of pyridine rings is 1. The average molecular weight is 233 g/mol. The Morgan fingerprint density at radius 3 is 3.06 bits per heavy atom. The maximum absolute atomic E-state index is 11.8. The van der Waals surface area contributed by atoms with Crippen molar-refractivity contribution >= 4 is 22.9 Å². The molecule has 0 saturated carbocycles. The minimum Gasteiger partial charge on any atom is -0.325 e. The molecule has 0 spiro atoms. The quantitative estimate of drug-likeness (QED) is 0.850. The van der Waals surface area contributed by atoms with Crippen LogP contribution in [0.3, 0.4) is 0 Å². The highest BCUT2D eigenvalue weighted by molar-refractivity contribution is 7.08. The Labute approximate surface area is 97.1 Å². The van der Waals surface area contributed by atoms with Gasteiger partial charge in [0.15, 0.2) is 0 Å². The molecule has 0 aliphatic rings. The van der Waals surface area contributed by atoms with Crippen LogP contribution >= 0.6 is 11.3 Å². The molecule has 3 N–H and O–H groups in total. The molecule has 2 heterocycles. The normalized spacial score (nSPS) is 10.1. The van der Waals surface area contributed by atoms with Crippen LogP contribution in [0.15, 0.2) is 35.2 Å². The summed E-state index contributed by atoms with van der Waals surface area (Å²) in [5, 5.41) is 6.58. The summed E-state index contributed by atoms with van der Waals surface area (Å²) in [6, 6.07) is 5.22. The number of thiophene rings is 1. The molecule has 16 heavy (non-hydrogen) atoms. The lowest BCUT2D eigenvalue weighted by Crippen LogP contribution is -2.12. The fourth-order valence-electron chi connectivity index (χ4n) is 1.27. The predicted molar refractivity (Wildman–Crippen MR) is 64.4 cm³/mol. The van der Waals surface area contributed by atoms with Crippen molar-refractivity contribution < 1.29 is 4.79 Å². The lowest BCUT2D eigenvalue weighted by molar-refractivity contribution is 0.102. The number of hydrogen-bond acceptors (Lipinski definition) is 4. The van der Waals surface area contributed by atoms with Crippen LogP contribution in [-0.4, -0.2) is 10.9 Å². The van der Waals surface area contributed by atoms with E-state index in [1.165, 1.54) is 11.3 Å². The first-order valence-corrected chi connectivity index (χ1v) is 5.72. The standard InChI is InChI=1S/C11H11N3OS/c12-6-10-5-8(1-3-13-10)11(15)14-9-2-4-16-7-9/h1-5,7H,6,12H2,(H,14,15). The molecular formula is C11H11N3OS. The van der Waals surface area contributed by atoms with Gasteiger partial charge < -0.3 is 11.1 Å². The molecule has 5 heteroatoms. The van der Waals surface area contributed by atoms with Crippen molar-refractivity contribution in [3.63, 3.8) is 0 Å². The van der Waals surface area contributed by atoms with Crippen molar-refractivity contribution in [2.45, 2.75) is 6.54 Å². The zero-order chi connectivity index (χ0) is 11.4. The molecule has 82 valence electrons. The fraction of sp³-hybridized carbons (Fsp3) is 0.0909. The molecule has 0 fully saturated rings. The Bertz CT molecular complexity index is 482. The lowest BCUT2D eigenvalue weighted by atomic mass is 10.2. The van der Waals surface area contributed by atoms with E-state index >= 15 is 0 Å². The van der Waals surface area contributed by atoms with E-state index in [2.05, 4.69) is 10.3 Å². The Kier molecular flexibility index (Phi) is 3.28. The number of carbonyl (C=O) groups is 1. The zero-order valence-electron chi connectivity index (χ0n) is 8.51. The third-order valence-electron chi connectivity index (χ3n) is 2.07. The van der Waals surface area contributed by atoms with Crippen LogP contribution in [0.1, 0.15) is 16.1 Å². The number of aromatic nitrogens is 1. The first kappa shape index (κ1) is 10.8. The van der Waals surface area contributed by atoms with E-state index in [1.54, 1.807) is 18.3 Å². The van der Waals surface area contributed by atoms with E-state index in [-0.39, 0.29) is 5.91 Å². The van der Waals surface area contributed by atoms with Gasteiger partial charge in [0.1, 0.15) is 0 Å². The summed E-state index contributed by atoms with van der Waals surface area (Å²) in [4.78, 5) is 15.8. The van der Waals surface area contributed by atoms with Crippen molar-refractivity contribution in [3.8, 4) is 0 Å². The van der Waals surface area contributed by atoms with Crippen LogP contribution in [0.5, 0.6) is 0 Å². The maximum atomic E-state index is 11.8. The number of nitrogens with zero attached hydrogens (tertiary/aromatic N) is 1. The van der Waals surface area contributed by atoms with Crippen molar-refractivity contribution in [3.05, 3.63) is 46.4 Å². The molecule has 4 nitrogen and oxygen atoms in total. The van der Waals surface area contributed by atoms with Crippen molar-refractivity contribution in [2.75, 3.05) is 5.32 Å². The number of nitrogens with one attached hydrogen (secondary N) is 1. The lowest BCUT2D eigenvalue weighted by Gasteiger charge is -2.03. The summed E-state index contributed by atoms with van der Waals surface area (Å²) in [5.74, 6) is -0.143. The second kappa shape index (κ2) is 4.87. The van der Waals surface area contributed by atoms with E-state index in [9.17, 15) is 4.79 Å². The second-order valence-corrected chi connectivity index (χ2v) is 3.99. The summed E-state index contributed by atoms with van der Waals surface area (Å²) in [6.07, 6.45) is 1.59. The molecule has 0 aliphatic heterocycles. The number of amides is 1. The minimum absolute atomic E-state index is 0.143. The van der Waals surface area contributed by atoms with Gasteiger partial charge in [0.2, 0.25) is 0 Å². The molecule has 2 rings (SSSR count). The van der Waals surface area contributed by atoms with Crippen molar-refractivity contribution in [2.24, 2.45) is 5.73 Å². The predicted octanol–water partition coefficient (Wildman–Crippen LogP) is 1.85. The van der Waals surface area contributed by atoms with E-state index in [0.29, 0.717) is 17.8 Å². The topological polar surface area (TPSA) is 68.0 Å². The number of nitrogens with two attached hydrogens (primary N) is 1. The largest absolute Gasteiger partial charge is 0.325 e. The highest BCUT2D eigenvalue weighted by atomic mass is 32.1. The molecule has 0 aromatic carbocycles. The third-order valence-corrected chi connectivity index (χ3v) is 2.75. The highest BCUT2D eigenvalue weighted by Gasteiger charge is 2.06. The summed E-state index contributed by atoms with van der Waals surface area (Å²) >= 11 is 1.54. The van der Waals surface area contributed by atoms with Crippen molar-refractivity contribution in [1.82, 2.24) is 4.98 Å². The minimum atomic E-state index is -0.143. The number of anilines is 1. The van der Waals surface area contributed by atoms with Crippen LogP contribution in [0.4, 0.5) is 5.69 Å². The van der Waals surface area contributed by atoms with Crippen LogP contribution < -0.4 is 11.1 Å². The van der Waals surface area contributed by atoms with E-state index in [1.807, 2.05) is 16.8 Å². The van der Waals surface area contributed by atoms with Crippen LogP contribution in [0, 0.1) is 0 Å². The van der Waals surface area contributed by atoms with Gasteiger partial charge in [-0.3, -0.25) is 9.78 Å². The number of rotatable bonds is 3.